The summed E-state index contributed by atoms with van der Waals surface area (Å²) in [6.07, 6.45) is 0.774. The zero-order chi connectivity index (χ0) is 13.8. The maximum absolute atomic E-state index is 6.13. The van der Waals surface area contributed by atoms with Crippen LogP contribution in [0.5, 0.6) is 5.75 Å². The lowest BCUT2D eigenvalue weighted by molar-refractivity contribution is 0.414. The van der Waals surface area contributed by atoms with Crippen molar-refractivity contribution in [1.29, 1.82) is 0 Å². The molecule has 1 heterocycles. The molecule has 0 aliphatic rings. The molecule has 0 saturated carbocycles. The van der Waals surface area contributed by atoms with Crippen LogP contribution in [0.3, 0.4) is 0 Å². The van der Waals surface area contributed by atoms with Crippen LogP contribution in [0.2, 0.25) is 5.15 Å². The topological polar surface area (TPSA) is 35.0 Å². The van der Waals surface area contributed by atoms with E-state index in [0.717, 1.165) is 33.5 Å². The number of ether oxygens (including phenoxy) is 1. The number of methoxy groups -OCH3 is 1. The Kier molecular flexibility index (Phi) is 4.66. The molecule has 0 amide bonds. The van der Waals surface area contributed by atoms with E-state index in [1.165, 1.54) is 0 Å². The Hall–Kier alpha value is -1.26. The van der Waals surface area contributed by atoms with Crippen molar-refractivity contribution in [2.75, 3.05) is 7.11 Å². The van der Waals surface area contributed by atoms with Crippen LogP contribution >= 0.6 is 23.4 Å². The number of halogens is 1. The summed E-state index contributed by atoms with van der Waals surface area (Å²) in [5.41, 5.74) is 0.916. The molecular weight excluding hydrogens is 280 g/mol. The molecule has 2 aromatic rings. The van der Waals surface area contributed by atoms with Gasteiger partial charge in [0.15, 0.2) is 0 Å². The average Bonchev–Trinajstić information content (AvgIpc) is 2.44. The first kappa shape index (κ1) is 14.2. The molecule has 0 atom stereocenters. The fraction of sp³-hybridized carbons (Fsp3) is 0.286. The second kappa shape index (κ2) is 6.26. The molecule has 0 aliphatic heterocycles. The van der Waals surface area contributed by atoms with E-state index in [1.54, 1.807) is 18.9 Å². The summed E-state index contributed by atoms with van der Waals surface area (Å²) in [7, 11) is 1.66. The van der Waals surface area contributed by atoms with Gasteiger partial charge in [-0.25, -0.2) is 9.97 Å². The summed E-state index contributed by atoms with van der Waals surface area (Å²) in [6.45, 7) is 3.95. The number of rotatable bonds is 4. The molecule has 5 heteroatoms. The van der Waals surface area contributed by atoms with Gasteiger partial charge in [-0.15, -0.1) is 0 Å². The van der Waals surface area contributed by atoms with Crippen molar-refractivity contribution in [1.82, 2.24) is 9.97 Å². The van der Waals surface area contributed by atoms with Gasteiger partial charge in [-0.2, -0.15) is 0 Å². The molecule has 1 aromatic heterocycles. The SMILES string of the molecule is CCc1nc(Cl)c(C)c(Sc2ccc(OC)cc2)n1. The molecule has 19 heavy (non-hydrogen) atoms. The minimum absolute atomic E-state index is 0.530. The summed E-state index contributed by atoms with van der Waals surface area (Å²) in [5, 5.41) is 1.44. The third-order valence-electron chi connectivity index (χ3n) is 2.68. The Bertz CT molecular complexity index is 572. The van der Waals surface area contributed by atoms with Crippen LogP contribution in [0.4, 0.5) is 0 Å². The maximum Gasteiger partial charge on any atom is 0.136 e. The molecule has 1 aromatic carbocycles. The van der Waals surface area contributed by atoms with Gasteiger partial charge in [-0.1, -0.05) is 30.3 Å². The summed E-state index contributed by atoms with van der Waals surface area (Å²) >= 11 is 7.71. The lowest BCUT2D eigenvalue weighted by Gasteiger charge is -2.08. The van der Waals surface area contributed by atoms with Gasteiger partial charge in [-0.3, -0.25) is 0 Å². The zero-order valence-corrected chi connectivity index (χ0v) is 12.7. The van der Waals surface area contributed by atoms with Crippen LogP contribution in [0, 0.1) is 6.92 Å². The number of aryl methyl sites for hydroxylation is 1. The van der Waals surface area contributed by atoms with Crippen molar-refractivity contribution in [2.45, 2.75) is 30.2 Å². The predicted molar refractivity (Wildman–Crippen MR) is 78.3 cm³/mol. The molecule has 0 aliphatic carbocycles. The molecular formula is C14H15ClN2OS. The van der Waals surface area contributed by atoms with E-state index < -0.39 is 0 Å². The molecule has 100 valence electrons. The number of benzene rings is 1. The van der Waals surface area contributed by atoms with Crippen LogP contribution in [0.15, 0.2) is 34.2 Å². The molecule has 0 bridgehead atoms. The van der Waals surface area contributed by atoms with Crippen molar-refractivity contribution >= 4 is 23.4 Å². The normalized spacial score (nSPS) is 10.5. The van der Waals surface area contributed by atoms with Crippen molar-refractivity contribution in [3.05, 3.63) is 40.8 Å². The van der Waals surface area contributed by atoms with E-state index in [2.05, 4.69) is 9.97 Å². The highest BCUT2D eigenvalue weighted by Gasteiger charge is 2.10. The Labute approximate surface area is 122 Å². The van der Waals surface area contributed by atoms with Gasteiger partial charge in [0, 0.05) is 16.9 Å². The Morgan fingerprint density at radius 3 is 2.47 bits per heavy atom. The largest absolute Gasteiger partial charge is 0.497 e. The fourth-order valence-corrected chi connectivity index (χ4v) is 2.66. The van der Waals surface area contributed by atoms with Crippen molar-refractivity contribution in [3.8, 4) is 5.75 Å². The molecule has 0 unspecified atom stereocenters. The molecule has 0 spiro atoms. The van der Waals surface area contributed by atoms with Crippen molar-refractivity contribution in [2.24, 2.45) is 0 Å². The molecule has 2 rings (SSSR count). The Balaban J connectivity index is 2.28. The summed E-state index contributed by atoms with van der Waals surface area (Å²) in [6, 6.07) is 7.87. The first-order valence-electron chi connectivity index (χ1n) is 5.99. The summed E-state index contributed by atoms with van der Waals surface area (Å²) < 4.78 is 5.14. The second-order valence-electron chi connectivity index (χ2n) is 3.99. The minimum atomic E-state index is 0.530. The van der Waals surface area contributed by atoms with Gasteiger partial charge in [-0.05, 0) is 31.2 Å². The van der Waals surface area contributed by atoms with Crippen LogP contribution in [-0.4, -0.2) is 17.1 Å². The number of nitrogens with zero attached hydrogens (tertiary/aromatic N) is 2. The highest BCUT2D eigenvalue weighted by molar-refractivity contribution is 7.99. The lowest BCUT2D eigenvalue weighted by Crippen LogP contribution is -1.98. The van der Waals surface area contributed by atoms with Gasteiger partial charge in [0.2, 0.25) is 0 Å². The van der Waals surface area contributed by atoms with E-state index >= 15 is 0 Å². The maximum atomic E-state index is 6.13. The van der Waals surface area contributed by atoms with Gasteiger partial charge in [0.05, 0.1) is 7.11 Å². The van der Waals surface area contributed by atoms with Gasteiger partial charge < -0.3 is 4.74 Å². The van der Waals surface area contributed by atoms with Crippen LogP contribution in [-0.2, 0) is 6.42 Å². The summed E-state index contributed by atoms with van der Waals surface area (Å²) in [5.74, 6) is 1.61. The Morgan fingerprint density at radius 1 is 1.21 bits per heavy atom. The first-order chi connectivity index (χ1) is 9.13. The zero-order valence-electron chi connectivity index (χ0n) is 11.1. The van der Waals surface area contributed by atoms with E-state index in [-0.39, 0.29) is 0 Å². The van der Waals surface area contributed by atoms with E-state index in [1.807, 2.05) is 38.1 Å². The van der Waals surface area contributed by atoms with Crippen molar-refractivity contribution in [3.63, 3.8) is 0 Å². The highest BCUT2D eigenvalue weighted by Crippen LogP contribution is 2.32. The predicted octanol–water partition coefficient (Wildman–Crippen LogP) is 4.16. The summed E-state index contributed by atoms with van der Waals surface area (Å²) in [4.78, 5) is 9.87. The van der Waals surface area contributed by atoms with Gasteiger partial charge in [0.25, 0.3) is 0 Å². The minimum Gasteiger partial charge on any atom is -0.497 e. The standard InChI is InChI=1S/C14H15ClN2OS/c1-4-12-16-13(15)9(2)14(17-12)19-11-7-5-10(18-3)6-8-11/h5-8H,4H2,1-3H3. The fourth-order valence-electron chi connectivity index (χ4n) is 1.52. The molecule has 0 fully saturated rings. The van der Waals surface area contributed by atoms with Gasteiger partial charge in [0.1, 0.15) is 21.8 Å². The van der Waals surface area contributed by atoms with E-state index in [9.17, 15) is 0 Å². The average molecular weight is 295 g/mol. The Morgan fingerprint density at radius 2 is 1.89 bits per heavy atom. The molecule has 0 radical (unpaired) electrons. The van der Waals surface area contributed by atoms with E-state index in [4.69, 9.17) is 16.3 Å². The quantitative estimate of drug-likeness (QED) is 0.793. The molecule has 0 saturated heterocycles. The monoisotopic (exact) mass is 294 g/mol. The third kappa shape index (κ3) is 3.39. The smallest absolute Gasteiger partial charge is 0.136 e. The van der Waals surface area contributed by atoms with Crippen LogP contribution in [0.1, 0.15) is 18.3 Å². The van der Waals surface area contributed by atoms with Crippen LogP contribution in [0.25, 0.3) is 0 Å². The molecule has 0 N–H and O–H groups in total. The van der Waals surface area contributed by atoms with Crippen molar-refractivity contribution < 1.29 is 4.74 Å². The molecule has 3 nitrogen and oxygen atoms in total. The van der Waals surface area contributed by atoms with Crippen LogP contribution < -0.4 is 4.74 Å². The number of hydrogen-bond acceptors (Lipinski definition) is 4. The lowest BCUT2D eigenvalue weighted by atomic mass is 10.3. The van der Waals surface area contributed by atoms with E-state index in [0.29, 0.717) is 5.15 Å². The number of hydrogen-bond donors (Lipinski definition) is 0. The number of aromatic nitrogens is 2. The second-order valence-corrected chi connectivity index (χ2v) is 5.41. The highest BCUT2D eigenvalue weighted by atomic mass is 35.5. The third-order valence-corrected chi connectivity index (χ3v) is 4.14. The first-order valence-corrected chi connectivity index (χ1v) is 7.18. The van der Waals surface area contributed by atoms with Gasteiger partial charge >= 0.3 is 0 Å².